The molecule has 2 N–H and O–H groups in total. The van der Waals surface area contributed by atoms with Crippen LogP contribution in [0.25, 0.3) is 5.69 Å². The van der Waals surface area contributed by atoms with Crippen LogP contribution in [0.15, 0.2) is 41.3 Å². The van der Waals surface area contributed by atoms with E-state index in [4.69, 9.17) is 11.6 Å². The molecule has 0 aliphatic carbocycles. The van der Waals surface area contributed by atoms with E-state index in [0.717, 1.165) is 0 Å². The van der Waals surface area contributed by atoms with Crippen molar-refractivity contribution >= 4 is 29.2 Å². The zero-order valence-electron chi connectivity index (χ0n) is 15.4. The molecule has 0 saturated carbocycles. The molecule has 3 amide bonds. The van der Waals surface area contributed by atoms with E-state index in [1.54, 1.807) is 18.3 Å². The molecule has 0 radical (unpaired) electrons. The summed E-state index contributed by atoms with van der Waals surface area (Å²) in [5, 5.41) is 8.94. The first kappa shape index (κ1) is 19.8. The number of carbonyl (C=O) groups excluding carboxylic acids is 2. The van der Waals surface area contributed by atoms with E-state index in [9.17, 15) is 14.4 Å². The Morgan fingerprint density at radius 1 is 1.14 bits per heavy atom. The van der Waals surface area contributed by atoms with Crippen LogP contribution in [-0.2, 0) is 4.79 Å². The lowest BCUT2D eigenvalue weighted by Gasteiger charge is -2.35. The fraction of sp³-hybridized carbons (Fsp3) is 0.333. The number of carbonyl (C=O) groups is 2. The first-order valence-corrected chi connectivity index (χ1v) is 9.19. The van der Waals surface area contributed by atoms with Crippen molar-refractivity contribution in [3.8, 4) is 5.69 Å². The minimum atomic E-state index is -0.527. The summed E-state index contributed by atoms with van der Waals surface area (Å²) >= 11 is 6.34. The van der Waals surface area contributed by atoms with Gasteiger partial charge in [-0.25, -0.2) is 4.79 Å². The molecule has 3 rings (SSSR count). The first-order chi connectivity index (χ1) is 13.5. The lowest BCUT2D eigenvalue weighted by Crippen LogP contribution is -2.51. The van der Waals surface area contributed by atoms with Crippen LogP contribution in [0.5, 0.6) is 0 Å². The van der Waals surface area contributed by atoms with Crippen LogP contribution in [-0.4, -0.2) is 66.4 Å². The van der Waals surface area contributed by atoms with E-state index in [-0.39, 0.29) is 23.0 Å². The second kappa shape index (κ2) is 8.85. The Morgan fingerprint density at radius 2 is 1.82 bits per heavy atom. The number of nitrogens with one attached hydrogen (secondary N) is 2. The van der Waals surface area contributed by atoms with Crippen LogP contribution in [0, 0.1) is 0 Å². The third-order valence-corrected chi connectivity index (χ3v) is 4.82. The fourth-order valence-corrected chi connectivity index (χ4v) is 3.22. The number of nitrogens with zero attached hydrogens (tertiary/aromatic N) is 4. The Balaban J connectivity index is 1.65. The Hall–Kier alpha value is -2.91. The van der Waals surface area contributed by atoms with Crippen LogP contribution >= 0.6 is 11.6 Å². The monoisotopic (exact) mass is 404 g/mol. The van der Waals surface area contributed by atoms with Crippen LogP contribution in [0.2, 0.25) is 5.02 Å². The normalized spacial score (nSPS) is 14.6. The largest absolute Gasteiger partial charge is 0.366 e. The zero-order valence-corrected chi connectivity index (χ0v) is 16.1. The fourth-order valence-electron chi connectivity index (χ4n) is 2.98. The maximum atomic E-state index is 12.6. The van der Waals surface area contributed by atoms with Gasteiger partial charge in [0.15, 0.2) is 0 Å². The van der Waals surface area contributed by atoms with Gasteiger partial charge in [-0.2, -0.15) is 9.78 Å². The van der Waals surface area contributed by atoms with Crippen molar-refractivity contribution in [2.45, 2.75) is 0 Å². The predicted octanol–water partition coefficient (Wildman–Crippen LogP) is 0.464. The number of hydrogen-bond acceptors (Lipinski definition) is 6. The number of piperazine rings is 1. The quantitative estimate of drug-likeness (QED) is 0.768. The lowest BCUT2D eigenvalue weighted by atomic mass is 10.2. The van der Waals surface area contributed by atoms with Crippen molar-refractivity contribution in [1.29, 1.82) is 0 Å². The van der Waals surface area contributed by atoms with Crippen molar-refractivity contribution in [1.82, 2.24) is 25.3 Å². The number of imide groups is 1. The minimum absolute atomic E-state index is 0.115. The summed E-state index contributed by atoms with van der Waals surface area (Å²) in [6.45, 7) is 2.49. The van der Waals surface area contributed by atoms with Gasteiger partial charge in [-0.15, -0.1) is 0 Å². The highest BCUT2D eigenvalue weighted by atomic mass is 35.5. The number of anilines is 1. The molecule has 1 saturated heterocycles. The van der Waals surface area contributed by atoms with Crippen LogP contribution < -0.4 is 21.1 Å². The summed E-state index contributed by atoms with van der Waals surface area (Å²) in [6.07, 6.45) is 1.59. The number of urea groups is 1. The van der Waals surface area contributed by atoms with E-state index in [0.29, 0.717) is 37.6 Å². The first-order valence-electron chi connectivity index (χ1n) is 8.81. The third-order valence-electron chi connectivity index (χ3n) is 4.46. The number of amides is 3. The molecule has 10 heteroatoms. The predicted molar refractivity (Wildman–Crippen MR) is 106 cm³/mol. The highest BCUT2D eigenvalue weighted by molar-refractivity contribution is 6.33. The van der Waals surface area contributed by atoms with Crippen molar-refractivity contribution in [3.63, 3.8) is 0 Å². The van der Waals surface area contributed by atoms with Crippen molar-refractivity contribution in [2.24, 2.45) is 0 Å². The molecule has 1 aliphatic rings. The Labute approximate surface area is 166 Å². The molecule has 148 valence electrons. The minimum Gasteiger partial charge on any atom is -0.366 e. The van der Waals surface area contributed by atoms with Crippen molar-refractivity contribution in [3.05, 3.63) is 51.9 Å². The Kier molecular flexibility index (Phi) is 6.27. The van der Waals surface area contributed by atoms with Crippen molar-refractivity contribution in [2.75, 3.05) is 44.7 Å². The maximum Gasteiger partial charge on any atom is 0.321 e. The molecule has 2 aromatic rings. The molecule has 0 bridgehead atoms. The molecule has 9 nitrogen and oxygen atoms in total. The zero-order chi connectivity index (χ0) is 20.1. The summed E-state index contributed by atoms with van der Waals surface area (Å²) in [4.78, 5) is 39.5. The molecule has 0 unspecified atom stereocenters. The molecule has 1 aromatic carbocycles. The highest BCUT2D eigenvalue weighted by Crippen LogP contribution is 2.23. The topological polar surface area (TPSA) is 99.6 Å². The van der Waals surface area contributed by atoms with Gasteiger partial charge in [0.05, 0.1) is 24.1 Å². The number of rotatable bonds is 4. The van der Waals surface area contributed by atoms with Gasteiger partial charge in [0, 0.05) is 33.2 Å². The molecule has 0 spiro atoms. The SMILES string of the molecule is CNC(=O)NC(=O)CN1CCN(c2cnn(-c3ccccc3)c(=O)c2Cl)CC1. The molecule has 0 atom stereocenters. The number of aromatic nitrogens is 2. The van der Waals surface area contributed by atoms with E-state index < -0.39 is 6.03 Å². The average Bonchev–Trinajstić information content (AvgIpc) is 2.71. The molecule has 2 heterocycles. The molecule has 1 aliphatic heterocycles. The van der Waals surface area contributed by atoms with Crippen LogP contribution in [0.3, 0.4) is 0 Å². The van der Waals surface area contributed by atoms with Crippen LogP contribution in [0.1, 0.15) is 0 Å². The molecule has 28 heavy (non-hydrogen) atoms. The Morgan fingerprint density at radius 3 is 2.46 bits per heavy atom. The van der Waals surface area contributed by atoms with Gasteiger partial charge in [0.1, 0.15) is 5.02 Å². The Bertz CT molecular complexity index is 909. The summed E-state index contributed by atoms with van der Waals surface area (Å²) in [6, 6.07) is 8.55. The van der Waals surface area contributed by atoms with E-state index >= 15 is 0 Å². The highest BCUT2D eigenvalue weighted by Gasteiger charge is 2.23. The third kappa shape index (κ3) is 4.49. The molecular formula is C18H21ClN6O3. The summed E-state index contributed by atoms with van der Waals surface area (Å²) in [5.74, 6) is -0.363. The van der Waals surface area contributed by atoms with E-state index in [2.05, 4.69) is 15.7 Å². The smallest absolute Gasteiger partial charge is 0.321 e. The number of para-hydroxylation sites is 1. The van der Waals surface area contributed by atoms with E-state index in [1.165, 1.54) is 11.7 Å². The van der Waals surface area contributed by atoms with Gasteiger partial charge < -0.3 is 10.2 Å². The number of benzene rings is 1. The van der Waals surface area contributed by atoms with Crippen LogP contribution in [0.4, 0.5) is 10.5 Å². The number of halogens is 1. The molecule has 1 fully saturated rings. The standard InChI is InChI=1S/C18H21ClN6O3/c1-20-18(28)22-15(26)12-23-7-9-24(10-8-23)14-11-21-25(17(27)16(14)19)13-5-3-2-4-6-13/h2-6,11H,7-10,12H2,1H3,(H2,20,22,26,28). The van der Waals surface area contributed by atoms with Gasteiger partial charge >= 0.3 is 6.03 Å². The average molecular weight is 405 g/mol. The number of hydrogen-bond donors (Lipinski definition) is 2. The summed E-state index contributed by atoms with van der Waals surface area (Å²) in [7, 11) is 1.45. The van der Waals surface area contributed by atoms with Gasteiger partial charge in [-0.05, 0) is 12.1 Å². The second-order valence-electron chi connectivity index (χ2n) is 6.29. The second-order valence-corrected chi connectivity index (χ2v) is 6.66. The summed E-state index contributed by atoms with van der Waals surface area (Å²) < 4.78 is 1.27. The van der Waals surface area contributed by atoms with Gasteiger partial charge in [0.2, 0.25) is 5.91 Å². The molecular weight excluding hydrogens is 384 g/mol. The van der Waals surface area contributed by atoms with Gasteiger partial charge in [-0.1, -0.05) is 29.8 Å². The lowest BCUT2D eigenvalue weighted by molar-refractivity contribution is -0.121. The molecule has 1 aromatic heterocycles. The van der Waals surface area contributed by atoms with Gasteiger partial charge in [-0.3, -0.25) is 19.8 Å². The maximum absolute atomic E-state index is 12.6. The van der Waals surface area contributed by atoms with Gasteiger partial charge in [0.25, 0.3) is 5.56 Å². The summed E-state index contributed by atoms with van der Waals surface area (Å²) in [5.41, 5.74) is 0.846. The van der Waals surface area contributed by atoms with E-state index in [1.807, 2.05) is 28.0 Å². The van der Waals surface area contributed by atoms with Crippen molar-refractivity contribution < 1.29 is 9.59 Å².